The van der Waals surface area contributed by atoms with E-state index >= 15 is 0 Å². The third-order valence-corrected chi connectivity index (χ3v) is 8.56. The Kier molecular flexibility index (Phi) is 5.49. The van der Waals surface area contributed by atoms with Gasteiger partial charge in [0, 0.05) is 24.4 Å². The molecule has 0 aromatic rings. The summed E-state index contributed by atoms with van der Waals surface area (Å²) in [6, 6.07) is 1.41. The molecule has 0 aromatic heterocycles. The third-order valence-electron chi connectivity index (χ3n) is 8.56. The van der Waals surface area contributed by atoms with Gasteiger partial charge in [0.25, 0.3) is 0 Å². The van der Waals surface area contributed by atoms with E-state index in [9.17, 15) is 4.39 Å². The molecule has 4 nitrogen and oxygen atoms in total. The van der Waals surface area contributed by atoms with Crippen LogP contribution < -0.4 is 0 Å². The van der Waals surface area contributed by atoms with E-state index < -0.39 is 6.17 Å². The second kappa shape index (κ2) is 7.89. The summed E-state index contributed by atoms with van der Waals surface area (Å²) in [7, 11) is 2.32. The Bertz CT molecular complexity index is 512. The normalized spacial score (nSPS) is 50.7. The molecule has 154 valence electrons. The van der Waals surface area contributed by atoms with E-state index in [2.05, 4.69) is 11.9 Å². The molecule has 3 saturated heterocycles. The van der Waals surface area contributed by atoms with Crippen molar-refractivity contribution in [2.75, 3.05) is 20.4 Å². The van der Waals surface area contributed by atoms with Crippen LogP contribution in [0.3, 0.4) is 0 Å². The predicted octanol–water partition coefficient (Wildman–Crippen LogP) is 3.92. The maximum absolute atomic E-state index is 13.7. The van der Waals surface area contributed by atoms with Crippen molar-refractivity contribution >= 4 is 0 Å². The molecule has 2 saturated carbocycles. The lowest BCUT2D eigenvalue weighted by molar-refractivity contribution is -0.0759. The fourth-order valence-electron chi connectivity index (χ4n) is 6.94. The summed E-state index contributed by atoms with van der Waals surface area (Å²) in [6.07, 6.45) is 11.1. The molecule has 0 spiro atoms. The zero-order chi connectivity index (χ0) is 18.4. The van der Waals surface area contributed by atoms with Crippen molar-refractivity contribution in [2.45, 2.75) is 101 Å². The van der Waals surface area contributed by atoms with Crippen LogP contribution in [0.25, 0.3) is 0 Å². The topological polar surface area (TPSA) is 30.9 Å². The van der Waals surface area contributed by atoms with Crippen LogP contribution >= 0.6 is 0 Å². The molecule has 27 heavy (non-hydrogen) atoms. The Morgan fingerprint density at radius 3 is 2.59 bits per heavy atom. The van der Waals surface area contributed by atoms with Crippen LogP contribution in [-0.4, -0.2) is 61.9 Å². The molecule has 3 aliphatic heterocycles. The Morgan fingerprint density at radius 2 is 1.74 bits per heavy atom. The minimum Gasteiger partial charge on any atom is -0.378 e. The molecule has 3 heterocycles. The Morgan fingerprint density at radius 1 is 0.926 bits per heavy atom. The van der Waals surface area contributed by atoms with E-state index in [0.29, 0.717) is 36.9 Å². The Labute approximate surface area is 163 Å². The van der Waals surface area contributed by atoms with Gasteiger partial charge in [-0.15, -0.1) is 0 Å². The molecule has 0 amide bonds. The van der Waals surface area contributed by atoms with Crippen molar-refractivity contribution in [2.24, 2.45) is 17.8 Å². The molecular weight excluding hydrogens is 345 g/mol. The van der Waals surface area contributed by atoms with Crippen LogP contribution in [-0.2, 0) is 14.2 Å². The van der Waals surface area contributed by atoms with Crippen molar-refractivity contribution in [1.29, 1.82) is 0 Å². The molecule has 0 aromatic carbocycles. The molecule has 5 fully saturated rings. The predicted molar refractivity (Wildman–Crippen MR) is 101 cm³/mol. The molecule has 0 N–H and O–H groups in total. The lowest BCUT2D eigenvalue weighted by Crippen LogP contribution is -2.51. The number of alkyl halides is 1. The van der Waals surface area contributed by atoms with Crippen molar-refractivity contribution in [3.63, 3.8) is 0 Å². The van der Waals surface area contributed by atoms with Crippen LogP contribution in [0.2, 0.25) is 0 Å². The molecule has 7 atom stereocenters. The maximum atomic E-state index is 13.7. The molecule has 5 aliphatic rings. The average Bonchev–Trinajstić information content (AvgIpc) is 3.23. The van der Waals surface area contributed by atoms with Crippen molar-refractivity contribution < 1.29 is 18.6 Å². The van der Waals surface area contributed by atoms with Crippen LogP contribution in [0.5, 0.6) is 0 Å². The van der Waals surface area contributed by atoms with E-state index in [1.165, 1.54) is 19.3 Å². The van der Waals surface area contributed by atoms with Gasteiger partial charge in [0.2, 0.25) is 0 Å². The van der Waals surface area contributed by atoms with Crippen LogP contribution in [0.4, 0.5) is 4.39 Å². The fourth-order valence-corrected chi connectivity index (χ4v) is 6.94. The molecular formula is C22H36FNO3. The van der Waals surface area contributed by atoms with Gasteiger partial charge in [-0.2, -0.15) is 0 Å². The second-order valence-corrected chi connectivity index (χ2v) is 9.84. The monoisotopic (exact) mass is 381 g/mol. The van der Waals surface area contributed by atoms with E-state index in [1.807, 2.05) is 0 Å². The first-order valence-corrected chi connectivity index (χ1v) is 11.4. The molecule has 2 aliphatic carbocycles. The quantitative estimate of drug-likeness (QED) is 0.738. The van der Waals surface area contributed by atoms with Gasteiger partial charge in [-0.25, -0.2) is 4.39 Å². The lowest BCUT2D eigenvalue weighted by Gasteiger charge is -2.47. The van der Waals surface area contributed by atoms with Gasteiger partial charge in [-0.1, -0.05) is 0 Å². The van der Waals surface area contributed by atoms with Crippen molar-refractivity contribution in [3.8, 4) is 0 Å². The highest BCUT2D eigenvalue weighted by Crippen LogP contribution is 2.48. The molecule has 0 radical (unpaired) electrons. The summed E-state index contributed by atoms with van der Waals surface area (Å²) in [5, 5.41) is 0. The Hall–Kier alpha value is -0.230. The van der Waals surface area contributed by atoms with E-state index in [0.717, 1.165) is 63.5 Å². The van der Waals surface area contributed by atoms with Gasteiger partial charge in [0.15, 0.2) is 0 Å². The average molecular weight is 382 g/mol. The number of ether oxygens (including phenoxy) is 3. The van der Waals surface area contributed by atoms with Gasteiger partial charge in [0.1, 0.15) is 13.0 Å². The first-order valence-electron chi connectivity index (χ1n) is 11.4. The van der Waals surface area contributed by atoms with E-state index in [-0.39, 0.29) is 6.10 Å². The maximum Gasteiger partial charge on any atom is 0.147 e. The minimum atomic E-state index is -0.553. The molecule has 2 bridgehead atoms. The summed E-state index contributed by atoms with van der Waals surface area (Å²) in [6.45, 7) is 1.34. The van der Waals surface area contributed by atoms with Crippen LogP contribution in [0.15, 0.2) is 0 Å². The highest BCUT2D eigenvalue weighted by molar-refractivity contribution is 5.01. The summed E-state index contributed by atoms with van der Waals surface area (Å²) in [4.78, 5) is 2.64. The molecule has 5 heteroatoms. The van der Waals surface area contributed by atoms with Gasteiger partial charge in [0.05, 0.1) is 24.9 Å². The minimum absolute atomic E-state index is 0.240. The number of halogens is 1. The highest BCUT2D eigenvalue weighted by Gasteiger charge is 2.48. The SMILES string of the molecule is CN1C2CC[C@@H]1[C@H](COC1CCC3OCOC3C1)[C@H](C1CCC(F)CC1)C2. The number of hydrogen-bond donors (Lipinski definition) is 0. The summed E-state index contributed by atoms with van der Waals surface area (Å²) in [5.41, 5.74) is 0. The number of nitrogens with zero attached hydrogens (tertiary/aromatic N) is 1. The lowest BCUT2D eigenvalue weighted by atomic mass is 9.68. The van der Waals surface area contributed by atoms with Gasteiger partial charge in [-0.3, -0.25) is 0 Å². The van der Waals surface area contributed by atoms with Gasteiger partial charge in [-0.05, 0) is 76.7 Å². The number of rotatable bonds is 4. The van der Waals surface area contributed by atoms with Crippen molar-refractivity contribution in [3.05, 3.63) is 0 Å². The van der Waals surface area contributed by atoms with Crippen LogP contribution in [0, 0.1) is 17.8 Å². The fraction of sp³-hybridized carbons (Fsp3) is 1.00. The third kappa shape index (κ3) is 3.70. The number of piperidine rings is 1. The van der Waals surface area contributed by atoms with Gasteiger partial charge < -0.3 is 19.1 Å². The number of hydrogen-bond acceptors (Lipinski definition) is 4. The van der Waals surface area contributed by atoms with E-state index in [4.69, 9.17) is 14.2 Å². The second-order valence-electron chi connectivity index (χ2n) is 9.84. The summed E-state index contributed by atoms with van der Waals surface area (Å²) >= 11 is 0. The largest absolute Gasteiger partial charge is 0.378 e. The van der Waals surface area contributed by atoms with Crippen LogP contribution in [0.1, 0.15) is 64.2 Å². The number of fused-ring (bicyclic) bond motifs is 3. The first kappa shape index (κ1) is 18.8. The Balaban J connectivity index is 1.23. The molecule has 5 rings (SSSR count). The summed E-state index contributed by atoms with van der Waals surface area (Å²) in [5.74, 6) is 2.06. The van der Waals surface area contributed by atoms with Gasteiger partial charge >= 0.3 is 0 Å². The van der Waals surface area contributed by atoms with Crippen molar-refractivity contribution in [1.82, 2.24) is 4.90 Å². The standard InChI is InChI=1S/C22H36FNO3/c1-24-16-6-8-20(24)19(18(10-16)14-2-4-15(23)5-3-14)12-25-17-7-9-21-22(11-17)27-13-26-21/h14-22H,2-13H2,1H3/t14?,15?,16?,17?,18-,19+,20+,21?,22?/m0/s1. The molecule has 4 unspecified atom stereocenters. The highest BCUT2D eigenvalue weighted by atomic mass is 19.1. The van der Waals surface area contributed by atoms with E-state index in [1.54, 1.807) is 0 Å². The zero-order valence-electron chi connectivity index (χ0n) is 16.7. The summed E-state index contributed by atoms with van der Waals surface area (Å²) < 4.78 is 31.6. The zero-order valence-corrected chi connectivity index (χ0v) is 16.7. The smallest absolute Gasteiger partial charge is 0.147 e. The first-order chi connectivity index (χ1) is 13.2.